The Morgan fingerprint density at radius 2 is 1.85 bits per heavy atom. The molecule has 0 saturated heterocycles. The summed E-state index contributed by atoms with van der Waals surface area (Å²) in [7, 11) is 3.24. The molecule has 0 atom stereocenters. The summed E-state index contributed by atoms with van der Waals surface area (Å²) in [5.74, 6) is 0.914. The van der Waals surface area contributed by atoms with E-state index in [0.29, 0.717) is 6.42 Å². The fourth-order valence-corrected chi connectivity index (χ4v) is 2.28. The van der Waals surface area contributed by atoms with Gasteiger partial charge in [-0.3, -0.25) is 4.79 Å². The minimum absolute atomic E-state index is 0.229. The summed E-state index contributed by atoms with van der Waals surface area (Å²) in [4.78, 5) is 11.3. The molecule has 0 aliphatic rings. The highest BCUT2D eigenvalue weighted by Crippen LogP contribution is 2.40. The monoisotopic (exact) mass is 280 g/mol. The Balaban J connectivity index is 3.35. The van der Waals surface area contributed by atoms with Crippen molar-refractivity contribution in [3.63, 3.8) is 0 Å². The highest BCUT2D eigenvalue weighted by Gasteiger charge is 2.30. The highest BCUT2D eigenvalue weighted by atomic mass is 16.5. The maximum atomic E-state index is 11.3. The molecule has 20 heavy (non-hydrogen) atoms. The van der Waals surface area contributed by atoms with Crippen molar-refractivity contribution in [3.05, 3.63) is 23.3 Å². The molecule has 0 bridgehead atoms. The predicted molar refractivity (Wildman–Crippen MR) is 78.8 cm³/mol. The van der Waals surface area contributed by atoms with Gasteiger partial charge in [0.15, 0.2) is 0 Å². The van der Waals surface area contributed by atoms with Crippen molar-refractivity contribution in [1.82, 2.24) is 0 Å². The quantitative estimate of drug-likeness (QED) is 0.866. The highest BCUT2D eigenvalue weighted by molar-refractivity contribution is 5.74. The molecule has 0 amide bonds. The van der Waals surface area contributed by atoms with Crippen molar-refractivity contribution in [2.24, 2.45) is 5.41 Å². The van der Waals surface area contributed by atoms with Crippen LogP contribution in [0.5, 0.6) is 11.5 Å². The Kier molecular flexibility index (Phi) is 5.03. The van der Waals surface area contributed by atoms with Crippen molar-refractivity contribution < 1.29 is 19.4 Å². The third-order valence-corrected chi connectivity index (χ3v) is 3.45. The van der Waals surface area contributed by atoms with Gasteiger partial charge < -0.3 is 14.6 Å². The van der Waals surface area contributed by atoms with Gasteiger partial charge in [-0.1, -0.05) is 19.9 Å². The van der Waals surface area contributed by atoms with Crippen molar-refractivity contribution in [2.75, 3.05) is 14.2 Å². The van der Waals surface area contributed by atoms with Crippen molar-refractivity contribution in [2.45, 2.75) is 40.0 Å². The lowest BCUT2D eigenvalue weighted by atomic mass is 9.84. The second-order valence-electron chi connectivity index (χ2n) is 5.89. The van der Waals surface area contributed by atoms with Gasteiger partial charge in [-0.15, -0.1) is 0 Å². The second kappa shape index (κ2) is 6.16. The molecule has 1 aromatic rings. The predicted octanol–water partition coefficient (Wildman–Crippen LogP) is 3.48. The van der Waals surface area contributed by atoms with Crippen LogP contribution >= 0.6 is 0 Å². The zero-order valence-corrected chi connectivity index (χ0v) is 13.1. The number of rotatable bonds is 6. The number of hydrogen-bond donors (Lipinski definition) is 1. The van der Waals surface area contributed by atoms with Crippen LogP contribution in [0.25, 0.3) is 0 Å². The second-order valence-corrected chi connectivity index (χ2v) is 5.89. The van der Waals surface area contributed by atoms with Crippen molar-refractivity contribution in [3.8, 4) is 11.5 Å². The number of hydrogen-bond acceptors (Lipinski definition) is 3. The number of carboxylic acid groups (broad SMARTS) is 1. The summed E-state index contributed by atoms with van der Waals surface area (Å²) >= 11 is 0. The van der Waals surface area contributed by atoms with Gasteiger partial charge in [0.25, 0.3) is 0 Å². The van der Waals surface area contributed by atoms with E-state index in [1.54, 1.807) is 28.1 Å². The van der Waals surface area contributed by atoms with Crippen LogP contribution in [0.2, 0.25) is 0 Å². The molecule has 0 fully saturated rings. The van der Waals surface area contributed by atoms with Crippen LogP contribution in [0.4, 0.5) is 0 Å². The van der Waals surface area contributed by atoms with E-state index >= 15 is 0 Å². The standard InChI is InChI=1S/C16H24O4/c1-10(2)13-12(19-5)8-7-11(14(13)20-6)9-16(3,4)15(17)18/h7-8,10H,9H2,1-6H3,(H,17,18). The number of benzene rings is 1. The van der Waals surface area contributed by atoms with Gasteiger partial charge in [0.1, 0.15) is 11.5 Å². The largest absolute Gasteiger partial charge is 0.496 e. The van der Waals surface area contributed by atoms with Gasteiger partial charge in [-0.2, -0.15) is 0 Å². The molecular formula is C16H24O4. The molecule has 1 aromatic carbocycles. The van der Waals surface area contributed by atoms with Gasteiger partial charge in [-0.05, 0) is 37.8 Å². The van der Waals surface area contributed by atoms with Gasteiger partial charge in [0.05, 0.1) is 19.6 Å². The molecule has 0 aromatic heterocycles. The fourth-order valence-electron chi connectivity index (χ4n) is 2.28. The van der Waals surface area contributed by atoms with Crippen LogP contribution in [0.15, 0.2) is 12.1 Å². The first-order valence-corrected chi connectivity index (χ1v) is 6.71. The van der Waals surface area contributed by atoms with Crippen LogP contribution in [-0.2, 0) is 11.2 Å². The van der Waals surface area contributed by atoms with Crippen LogP contribution in [-0.4, -0.2) is 25.3 Å². The summed E-state index contributed by atoms with van der Waals surface area (Å²) in [6, 6.07) is 3.76. The number of carbonyl (C=O) groups is 1. The molecule has 1 N–H and O–H groups in total. The smallest absolute Gasteiger partial charge is 0.309 e. The number of carboxylic acids is 1. The Bertz CT molecular complexity index is 489. The normalized spacial score (nSPS) is 11.6. The molecule has 112 valence electrons. The molecule has 1 rings (SSSR count). The van der Waals surface area contributed by atoms with E-state index in [2.05, 4.69) is 13.8 Å². The molecule has 0 aliphatic heterocycles. The Labute approximate surface area is 120 Å². The maximum absolute atomic E-state index is 11.3. The summed E-state index contributed by atoms with van der Waals surface area (Å²) in [5.41, 5.74) is 1.04. The molecule has 0 radical (unpaired) electrons. The zero-order chi connectivity index (χ0) is 15.5. The Hall–Kier alpha value is -1.71. The first-order chi connectivity index (χ1) is 9.24. The van der Waals surface area contributed by atoms with E-state index in [1.165, 1.54) is 0 Å². The minimum atomic E-state index is -0.837. The molecule has 0 unspecified atom stereocenters. The molecule has 4 heteroatoms. The van der Waals surface area contributed by atoms with Gasteiger partial charge in [0, 0.05) is 5.56 Å². The molecule has 4 nitrogen and oxygen atoms in total. The molecular weight excluding hydrogens is 256 g/mol. The third-order valence-electron chi connectivity index (χ3n) is 3.45. The number of aliphatic carboxylic acids is 1. The van der Waals surface area contributed by atoms with Crippen molar-refractivity contribution in [1.29, 1.82) is 0 Å². The number of methoxy groups -OCH3 is 2. The first kappa shape index (κ1) is 16.3. The van der Waals surface area contributed by atoms with E-state index < -0.39 is 11.4 Å². The van der Waals surface area contributed by atoms with Crippen LogP contribution in [0.3, 0.4) is 0 Å². The van der Waals surface area contributed by atoms with E-state index in [-0.39, 0.29) is 5.92 Å². The zero-order valence-electron chi connectivity index (χ0n) is 13.1. The molecule has 0 heterocycles. The lowest BCUT2D eigenvalue weighted by Gasteiger charge is -2.24. The molecule has 0 saturated carbocycles. The average molecular weight is 280 g/mol. The van der Waals surface area contributed by atoms with Crippen LogP contribution in [0, 0.1) is 5.41 Å². The summed E-state index contributed by atoms with van der Waals surface area (Å²) in [6.45, 7) is 7.56. The van der Waals surface area contributed by atoms with Crippen LogP contribution in [0.1, 0.15) is 44.7 Å². The van der Waals surface area contributed by atoms with E-state index in [4.69, 9.17) is 9.47 Å². The van der Waals surface area contributed by atoms with E-state index in [9.17, 15) is 9.90 Å². The Morgan fingerprint density at radius 3 is 2.25 bits per heavy atom. The third kappa shape index (κ3) is 3.24. The summed E-state index contributed by atoms with van der Waals surface area (Å²) in [5, 5.41) is 9.28. The molecule has 0 aliphatic carbocycles. The van der Waals surface area contributed by atoms with E-state index in [1.807, 2.05) is 12.1 Å². The van der Waals surface area contributed by atoms with Crippen molar-refractivity contribution >= 4 is 5.97 Å². The fraction of sp³-hybridized carbons (Fsp3) is 0.562. The summed E-state index contributed by atoms with van der Waals surface area (Å²) in [6.07, 6.45) is 0.412. The maximum Gasteiger partial charge on any atom is 0.309 e. The minimum Gasteiger partial charge on any atom is -0.496 e. The number of ether oxygens (including phenoxy) is 2. The lowest BCUT2D eigenvalue weighted by molar-refractivity contribution is -0.146. The van der Waals surface area contributed by atoms with Gasteiger partial charge >= 0.3 is 5.97 Å². The van der Waals surface area contributed by atoms with E-state index in [0.717, 1.165) is 22.6 Å². The van der Waals surface area contributed by atoms with Crippen LogP contribution < -0.4 is 9.47 Å². The summed E-state index contributed by atoms with van der Waals surface area (Å²) < 4.78 is 10.9. The average Bonchev–Trinajstić information content (AvgIpc) is 2.37. The first-order valence-electron chi connectivity index (χ1n) is 6.71. The Morgan fingerprint density at radius 1 is 1.25 bits per heavy atom. The van der Waals surface area contributed by atoms with Gasteiger partial charge in [0.2, 0.25) is 0 Å². The lowest BCUT2D eigenvalue weighted by Crippen LogP contribution is -2.26. The van der Waals surface area contributed by atoms with Gasteiger partial charge in [-0.25, -0.2) is 0 Å². The topological polar surface area (TPSA) is 55.8 Å². The SMILES string of the molecule is COc1ccc(CC(C)(C)C(=O)O)c(OC)c1C(C)C. The molecule has 0 spiro atoms.